The Hall–Kier alpha value is -1.09. The molecule has 0 atom stereocenters. The highest BCUT2D eigenvalue weighted by Crippen LogP contribution is 2.03. The number of hydrogen-bond donors (Lipinski definition) is 1. The lowest BCUT2D eigenvalue weighted by Gasteiger charge is -1.78. The van der Waals surface area contributed by atoms with Crippen molar-refractivity contribution in [3.8, 4) is 0 Å². The van der Waals surface area contributed by atoms with E-state index in [1.165, 1.54) is 6.26 Å². The summed E-state index contributed by atoms with van der Waals surface area (Å²) in [5.74, 6) is 0.421. The molecule has 0 fully saturated rings. The largest absolute Gasteiger partial charge is 0.461 e. The normalized spacial score (nSPS) is 8.27. The van der Waals surface area contributed by atoms with Crippen molar-refractivity contribution in [2.24, 2.45) is 0 Å². The predicted octanol–water partition coefficient (Wildman–Crippen LogP) is 1.40. The van der Waals surface area contributed by atoms with Crippen LogP contribution < -0.4 is 0 Å². The third kappa shape index (κ3) is 3.57. The molecule has 11 heavy (non-hydrogen) atoms. The van der Waals surface area contributed by atoms with Gasteiger partial charge in [-0.25, -0.2) is 0 Å². The van der Waals surface area contributed by atoms with Crippen molar-refractivity contribution in [3.05, 3.63) is 23.7 Å². The molecule has 0 saturated heterocycles. The zero-order valence-corrected chi connectivity index (χ0v) is 6.70. The minimum atomic E-state index is 0.250. The van der Waals surface area contributed by atoms with E-state index in [9.17, 15) is 4.79 Å². The third-order valence-corrected chi connectivity index (χ3v) is 1.01. The Balaban J connectivity index is 0.000000292. The van der Waals surface area contributed by atoms with E-state index < -0.39 is 0 Å². The Morgan fingerprint density at radius 3 is 2.45 bits per heavy atom. The highest BCUT2D eigenvalue weighted by Gasteiger charge is 1.95. The smallest absolute Gasteiger partial charge is 0.185 e. The quantitative estimate of drug-likeness (QED) is 0.625. The summed E-state index contributed by atoms with van der Waals surface area (Å²) in [6.07, 6.45) is 2.20. The molecular formula is C8H12O3. The first-order chi connectivity index (χ1) is 5.26. The van der Waals surface area contributed by atoms with Gasteiger partial charge in [-0.1, -0.05) is 0 Å². The number of aldehydes is 1. The van der Waals surface area contributed by atoms with Crippen LogP contribution in [0.3, 0.4) is 0 Å². The summed E-state index contributed by atoms with van der Waals surface area (Å²) < 4.78 is 4.75. The summed E-state index contributed by atoms with van der Waals surface area (Å²) in [5, 5.41) is 7.57. The summed E-state index contributed by atoms with van der Waals surface area (Å²) in [6.45, 7) is 3.76. The van der Waals surface area contributed by atoms with Gasteiger partial charge < -0.3 is 9.52 Å². The number of aryl methyl sites for hydroxylation is 1. The van der Waals surface area contributed by atoms with Crippen molar-refractivity contribution in [1.29, 1.82) is 0 Å². The van der Waals surface area contributed by atoms with E-state index >= 15 is 0 Å². The Morgan fingerprint density at radius 2 is 2.27 bits per heavy atom. The van der Waals surface area contributed by atoms with Crippen LogP contribution in [0.1, 0.15) is 23.0 Å². The molecule has 0 aliphatic heterocycles. The Bertz CT molecular complexity index is 203. The van der Waals surface area contributed by atoms with Crippen molar-refractivity contribution in [2.75, 3.05) is 6.61 Å². The molecule has 0 unspecified atom stereocenters. The Morgan fingerprint density at radius 1 is 1.73 bits per heavy atom. The summed E-state index contributed by atoms with van der Waals surface area (Å²) in [7, 11) is 0. The minimum Gasteiger partial charge on any atom is -0.461 e. The van der Waals surface area contributed by atoms with Crippen molar-refractivity contribution >= 4 is 6.29 Å². The molecule has 0 aromatic carbocycles. The third-order valence-electron chi connectivity index (χ3n) is 1.01. The van der Waals surface area contributed by atoms with Gasteiger partial charge in [0.05, 0.1) is 6.26 Å². The van der Waals surface area contributed by atoms with Crippen LogP contribution in [0.2, 0.25) is 0 Å². The van der Waals surface area contributed by atoms with Gasteiger partial charge in [-0.15, -0.1) is 0 Å². The van der Waals surface area contributed by atoms with E-state index in [0.29, 0.717) is 12.0 Å². The van der Waals surface area contributed by atoms with Crippen molar-refractivity contribution in [2.45, 2.75) is 13.8 Å². The maximum Gasteiger partial charge on any atom is 0.185 e. The fourth-order valence-electron chi connectivity index (χ4n) is 0.505. The monoisotopic (exact) mass is 156 g/mol. The van der Waals surface area contributed by atoms with Crippen LogP contribution >= 0.6 is 0 Å². The van der Waals surface area contributed by atoms with Crippen LogP contribution in [0.25, 0.3) is 0 Å². The van der Waals surface area contributed by atoms with Crippen molar-refractivity contribution in [3.63, 3.8) is 0 Å². The molecule has 1 aromatic heterocycles. The Kier molecular flexibility index (Phi) is 5.11. The first-order valence-corrected chi connectivity index (χ1v) is 3.36. The molecule has 1 N–H and O–H groups in total. The summed E-state index contributed by atoms with van der Waals surface area (Å²) in [6, 6.07) is 1.75. The molecule has 0 amide bonds. The molecule has 0 aliphatic rings. The lowest BCUT2D eigenvalue weighted by Crippen LogP contribution is -1.74. The van der Waals surface area contributed by atoms with Crippen LogP contribution in [-0.2, 0) is 0 Å². The standard InChI is InChI=1S/C6H6O2.C2H6O/c1-5-2-3-8-6(5)4-7;1-2-3/h2-4H,1H3;3H,2H2,1H3. The zero-order chi connectivity index (χ0) is 8.69. The number of aliphatic hydroxyl groups is 1. The molecule has 0 spiro atoms. The molecule has 1 aromatic rings. The number of aliphatic hydroxyl groups excluding tert-OH is 1. The molecule has 0 saturated carbocycles. The lowest BCUT2D eigenvalue weighted by atomic mass is 10.3. The second-order valence-electron chi connectivity index (χ2n) is 1.90. The number of rotatable bonds is 1. The number of furan rings is 1. The van der Waals surface area contributed by atoms with Gasteiger partial charge in [-0.05, 0) is 25.5 Å². The van der Waals surface area contributed by atoms with Gasteiger partial charge >= 0.3 is 0 Å². The van der Waals surface area contributed by atoms with E-state index in [4.69, 9.17) is 9.52 Å². The van der Waals surface area contributed by atoms with E-state index in [-0.39, 0.29) is 6.61 Å². The van der Waals surface area contributed by atoms with Gasteiger partial charge in [0, 0.05) is 6.61 Å². The topological polar surface area (TPSA) is 50.4 Å². The van der Waals surface area contributed by atoms with Gasteiger partial charge in [-0.2, -0.15) is 0 Å². The zero-order valence-electron chi connectivity index (χ0n) is 6.70. The lowest BCUT2D eigenvalue weighted by molar-refractivity contribution is 0.110. The van der Waals surface area contributed by atoms with E-state index in [1.807, 2.05) is 6.92 Å². The second kappa shape index (κ2) is 5.68. The number of carbonyl (C=O) groups is 1. The molecule has 0 aliphatic carbocycles. The fourth-order valence-corrected chi connectivity index (χ4v) is 0.505. The molecular weight excluding hydrogens is 144 g/mol. The fraction of sp³-hybridized carbons (Fsp3) is 0.375. The Labute approximate surface area is 65.6 Å². The molecule has 1 rings (SSSR count). The second-order valence-corrected chi connectivity index (χ2v) is 1.90. The first-order valence-electron chi connectivity index (χ1n) is 3.36. The average Bonchev–Trinajstić information content (AvgIpc) is 2.36. The summed E-state index contributed by atoms with van der Waals surface area (Å²) in [5.41, 5.74) is 0.889. The first kappa shape index (κ1) is 9.91. The van der Waals surface area contributed by atoms with Crippen LogP contribution in [0.15, 0.2) is 16.7 Å². The van der Waals surface area contributed by atoms with Crippen LogP contribution in [0.4, 0.5) is 0 Å². The maximum atomic E-state index is 9.99. The van der Waals surface area contributed by atoms with E-state index in [1.54, 1.807) is 13.0 Å². The van der Waals surface area contributed by atoms with Crippen molar-refractivity contribution in [1.82, 2.24) is 0 Å². The highest BCUT2D eigenvalue weighted by atomic mass is 16.3. The number of carbonyl (C=O) groups excluding carboxylic acids is 1. The molecule has 62 valence electrons. The van der Waals surface area contributed by atoms with Crippen molar-refractivity contribution < 1.29 is 14.3 Å². The summed E-state index contributed by atoms with van der Waals surface area (Å²) in [4.78, 5) is 9.99. The molecule has 3 heteroatoms. The molecule has 0 radical (unpaired) electrons. The summed E-state index contributed by atoms with van der Waals surface area (Å²) >= 11 is 0. The maximum absolute atomic E-state index is 9.99. The number of hydrogen-bond acceptors (Lipinski definition) is 3. The van der Waals surface area contributed by atoms with Crippen LogP contribution in [-0.4, -0.2) is 18.0 Å². The predicted molar refractivity (Wildman–Crippen MR) is 41.6 cm³/mol. The SMILES string of the molecule is CCO.Cc1ccoc1C=O. The molecule has 1 heterocycles. The van der Waals surface area contributed by atoms with Gasteiger partial charge in [0.25, 0.3) is 0 Å². The van der Waals surface area contributed by atoms with Gasteiger partial charge in [0.1, 0.15) is 0 Å². The minimum absolute atomic E-state index is 0.250. The molecule has 3 nitrogen and oxygen atoms in total. The van der Waals surface area contributed by atoms with Gasteiger partial charge in [0.2, 0.25) is 0 Å². The average molecular weight is 156 g/mol. The van der Waals surface area contributed by atoms with Crippen LogP contribution in [0, 0.1) is 6.92 Å². The van der Waals surface area contributed by atoms with Gasteiger partial charge in [0.15, 0.2) is 12.0 Å². The van der Waals surface area contributed by atoms with E-state index in [0.717, 1.165) is 5.56 Å². The highest BCUT2D eigenvalue weighted by molar-refractivity contribution is 5.72. The van der Waals surface area contributed by atoms with Gasteiger partial charge in [-0.3, -0.25) is 4.79 Å². The molecule has 0 bridgehead atoms. The van der Waals surface area contributed by atoms with E-state index in [2.05, 4.69) is 0 Å². The van der Waals surface area contributed by atoms with Crippen LogP contribution in [0.5, 0.6) is 0 Å².